The van der Waals surface area contributed by atoms with Crippen LogP contribution >= 0.6 is 11.3 Å². The Hall–Kier alpha value is -1.49. The van der Waals surface area contributed by atoms with Gasteiger partial charge in [-0.3, -0.25) is 9.59 Å². The molecule has 0 spiro atoms. The van der Waals surface area contributed by atoms with Gasteiger partial charge in [0.15, 0.2) is 5.78 Å². The van der Waals surface area contributed by atoms with E-state index in [-0.39, 0.29) is 18.2 Å². The van der Waals surface area contributed by atoms with E-state index < -0.39 is 5.41 Å². The maximum Gasteiger partial charge on any atom is 0.255 e. The number of rotatable bonds is 4. The van der Waals surface area contributed by atoms with Crippen molar-refractivity contribution >= 4 is 28.7 Å². The number of hydrogen-bond acceptors (Lipinski definition) is 4. The average molecular weight is 330 g/mol. The predicted molar refractivity (Wildman–Crippen MR) is 90.4 cm³/mol. The molecule has 1 aliphatic heterocycles. The molecular weight excluding hydrogens is 308 g/mol. The maximum absolute atomic E-state index is 13.1. The van der Waals surface area contributed by atoms with Crippen LogP contribution in [0.15, 0.2) is 21.9 Å². The van der Waals surface area contributed by atoms with Gasteiger partial charge in [0.25, 0.3) is 5.91 Å². The average Bonchev–Trinajstić information content (AvgIpc) is 2.86. The number of hydrogen-bond donors (Lipinski definition) is 0. The molecule has 23 heavy (non-hydrogen) atoms. The molecule has 2 fully saturated rings. The fourth-order valence-corrected chi connectivity index (χ4v) is 5.38. The Morgan fingerprint density at radius 1 is 1.48 bits per heavy atom. The van der Waals surface area contributed by atoms with Gasteiger partial charge in [0.05, 0.1) is 11.1 Å². The highest BCUT2D eigenvalue weighted by molar-refractivity contribution is 7.08. The second-order valence-electron chi connectivity index (χ2n) is 7.55. The van der Waals surface area contributed by atoms with Crippen molar-refractivity contribution in [1.82, 2.24) is 5.01 Å². The zero-order valence-electron chi connectivity index (χ0n) is 13.8. The van der Waals surface area contributed by atoms with Gasteiger partial charge in [-0.2, -0.15) is 16.4 Å². The molecule has 0 aromatic carbocycles. The smallest absolute Gasteiger partial charge is 0.255 e. The van der Waals surface area contributed by atoms with Crippen LogP contribution in [-0.4, -0.2) is 29.0 Å². The number of fused-ring (bicyclic) bond motifs is 1. The summed E-state index contributed by atoms with van der Waals surface area (Å²) in [5, 5.41) is 9.59. The van der Waals surface area contributed by atoms with Gasteiger partial charge in [-0.05, 0) is 61.8 Å². The first-order valence-electron chi connectivity index (χ1n) is 8.36. The second kappa shape index (κ2) is 5.00. The molecule has 4 rings (SSSR count). The summed E-state index contributed by atoms with van der Waals surface area (Å²) in [7, 11) is 0. The van der Waals surface area contributed by atoms with Gasteiger partial charge < -0.3 is 0 Å². The van der Waals surface area contributed by atoms with E-state index in [1.807, 2.05) is 24.6 Å². The Labute approximate surface area is 140 Å². The molecule has 1 aromatic heterocycles. The molecule has 2 aliphatic carbocycles. The van der Waals surface area contributed by atoms with Crippen LogP contribution in [0.25, 0.3) is 0 Å². The van der Waals surface area contributed by atoms with Gasteiger partial charge in [-0.25, -0.2) is 5.01 Å². The first kappa shape index (κ1) is 15.1. The summed E-state index contributed by atoms with van der Waals surface area (Å²) in [6, 6.07) is 1.80. The van der Waals surface area contributed by atoms with E-state index >= 15 is 0 Å². The number of ketones is 1. The normalized spacial score (nSPS) is 38.7. The van der Waals surface area contributed by atoms with Crippen molar-refractivity contribution in [3.8, 4) is 0 Å². The number of thiophene rings is 1. The molecule has 0 N–H and O–H groups in total. The Balaban J connectivity index is 1.54. The highest BCUT2D eigenvalue weighted by Crippen LogP contribution is 2.62. The molecule has 2 unspecified atom stereocenters. The number of carbonyl (C=O) groups is 2. The van der Waals surface area contributed by atoms with Crippen molar-refractivity contribution in [2.24, 2.45) is 34.2 Å². The van der Waals surface area contributed by atoms with Crippen molar-refractivity contribution in [1.29, 1.82) is 0 Å². The van der Waals surface area contributed by atoms with Crippen molar-refractivity contribution in [3.63, 3.8) is 0 Å². The van der Waals surface area contributed by atoms with Gasteiger partial charge in [0.2, 0.25) is 0 Å². The fraction of sp³-hybridized carbons (Fsp3) is 0.611. The molecule has 3 aliphatic rings. The van der Waals surface area contributed by atoms with Gasteiger partial charge in [-0.15, -0.1) is 0 Å². The van der Waals surface area contributed by atoms with Crippen LogP contribution < -0.4 is 0 Å². The fourth-order valence-electron chi connectivity index (χ4n) is 4.72. The molecule has 5 atom stereocenters. The Morgan fingerprint density at radius 3 is 2.87 bits per heavy atom. The molecule has 5 heteroatoms. The molecule has 0 saturated heterocycles. The van der Waals surface area contributed by atoms with E-state index in [1.54, 1.807) is 6.07 Å². The number of amides is 1. The van der Waals surface area contributed by atoms with E-state index in [4.69, 9.17) is 0 Å². The van der Waals surface area contributed by atoms with Crippen molar-refractivity contribution < 1.29 is 9.59 Å². The van der Waals surface area contributed by atoms with Gasteiger partial charge >= 0.3 is 0 Å². The zero-order valence-corrected chi connectivity index (χ0v) is 14.6. The lowest BCUT2D eigenvalue weighted by Crippen LogP contribution is -2.45. The second-order valence-corrected chi connectivity index (χ2v) is 8.33. The lowest BCUT2D eigenvalue weighted by Gasteiger charge is -2.34. The molecule has 1 aromatic rings. The molecule has 2 saturated carbocycles. The Bertz CT molecular complexity index is 696. The first-order chi connectivity index (χ1) is 10.9. The standard InChI is InChI=1S/C18H22N2O2S/c1-10-14-6-13(14)7-15(10)18(3)11(2)19-20(17(18)22)8-16(21)12-4-5-23-9-12/h4-5,9-10,13-15H,6-8H2,1-3H3/t10-,13+,14?,15-,18?/m0/s1. The minimum absolute atomic E-state index is 0.0109. The van der Waals surface area contributed by atoms with Crippen LogP contribution in [0.1, 0.15) is 44.0 Å². The van der Waals surface area contributed by atoms with E-state index in [2.05, 4.69) is 12.0 Å². The third-order valence-electron chi connectivity index (χ3n) is 6.42. The molecule has 0 radical (unpaired) electrons. The lowest BCUT2D eigenvalue weighted by atomic mass is 9.68. The van der Waals surface area contributed by atoms with Crippen LogP contribution in [0.4, 0.5) is 0 Å². The molecular formula is C18H22N2O2S. The molecule has 122 valence electrons. The quantitative estimate of drug-likeness (QED) is 0.794. The van der Waals surface area contributed by atoms with Crippen molar-refractivity contribution in [3.05, 3.63) is 22.4 Å². The van der Waals surface area contributed by atoms with Crippen LogP contribution in [0.2, 0.25) is 0 Å². The Morgan fingerprint density at radius 2 is 2.26 bits per heavy atom. The van der Waals surface area contributed by atoms with E-state index in [1.165, 1.54) is 22.8 Å². The predicted octanol–water partition coefficient (Wildman–Crippen LogP) is 3.45. The monoisotopic (exact) mass is 330 g/mol. The highest BCUT2D eigenvalue weighted by atomic mass is 32.1. The summed E-state index contributed by atoms with van der Waals surface area (Å²) in [5.74, 6) is 2.53. The topological polar surface area (TPSA) is 49.7 Å². The van der Waals surface area contributed by atoms with Crippen LogP contribution in [0, 0.1) is 29.1 Å². The van der Waals surface area contributed by atoms with E-state index in [9.17, 15) is 9.59 Å². The largest absolute Gasteiger partial charge is 0.292 e. The van der Waals surface area contributed by atoms with Crippen LogP contribution in [-0.2, 0) is 4.79 Å². The third kappa shape index (κ3) is 2.12. The van der Waals surface area contributed by atoms with E-state index in [0.29, 0.717) is 17.4 Å². The lowest BCUT2D eigenvalue weighted by molar-refractivity contribution is -0.138. The highest BCUT2D eigenvalue weighted by Gasteiger charge is 2.61. The minimum atomic E-state index is -0.526. The SMILES string of the molecule is CC1=NN(CC(=O)c2ccsc2)C(=O)C1(C)[C@H]1C[C@H]2CC2[C@@H]1C. The Kier molecular flexibility index (Phi) is 3.28. The number of nitrogens with zero attached hydrogens (tertiary/aromatic N) is 2. The van der Waals surface area contributed by atoms with Crippen molar-refractivity contribution in [2.75, 3.05) is 6.54 Å². The molecule has 1 amide bonds. The van der Waals surface area contributed by atoms with Gasteiger partial charge in [0.1, 0.15) is 6.54 Å². The summed E-state index contributed by atoms with van der Waals surface area (Å²) in [6.07, 6.45) is 2.46. The van der Waals surface area contributed by atoms with Crippen LogP contribution in [0.5, 0.6) is 0 Å². The summed E-state index contributed by atoms with van der Waals surface area (Å²) in [6.45, 7) is 6.32. The summed E-state index contributed by atoms with van der Waals surface area (Å²) < 4.78 is 0. The number of Topliss-reactive ketones (excluding diaryl/α,β-unsaturated/α-hetero) is 1. The number of carbonyl (C=O) groups excluding carboxylic acids is 2. The minimum Gasteiger partial charge on any atom is -0.292 e. The molecule has 2 heterocycles. The van der Waals surface area contributed by atoms with E-state index in [0.717, 1.165) is 24.0 Å². The molecule has 0 bridgehead atoms. The number of hydrazone groups is 1. The van der Waals surface area contributed by atoms with Crippen LogP contribution in [0.3, 0.4) is 0 Å². The summed E-state index contributed by atoms with van der Waals surface area (Å²) >= 11 is 1.49. The van der Waals surface area contributed by atoms with Gasteiger partial charge in [0, 0.05) is 10.9 Å². The summed E-state index contributed by atoms with van der Waals surface area (Å²) in [5.41, 5.74) is 1.01. The van der Waals surface area contributed by atoms with Crippen molar-refractivity contribution in [2.45, 2.75) is 33.6 Å². The van der Waals surface area contributed by atoms with Gasteiger partial charge in [-0.1, -0.05) is 6.92 Å². The zero-order chi connectivity index (χ0) is 16.4. The first-order valence-corrected chi connectivity index (χ1v) is 9.30. The third-order valence-corrected chi connectivity index (χ3v) is 7.11. The molecule has 4 nitrogen and oxygen atoms in total. The summed E-state index contributed by atoms with van der Waals surface area (Å²) in [4.78, 5) is 25.4. The maximum atomic E-state index is 13.1.